The molecule has 0 bridgehead atoms. The first kappa shape index (κ1) is 23.0. The lowest BCUT2D eigenvalue weighted by molar-refractivity contribution is -0.138. The molecule has 10 nitrogen and oxygen atoms in total. The zero-order chi connectivity index (χ0) is 24.1. The van der Waals surface area contributed by atoms with Crippen molar-refractivity contribution in [1.82, 2.24) is 25.2 Å². The third-order valence-electron chi connectivity index (χ3n) is 5.73. The number of carboxylic acids is 1. The molecule has 1 aromatic heterocycles. The summed E-state index contributed by atoms with van der Waals surface area (Å²) in [7, 11) is 1.53. The Labute approximate surface area is 196 Å². The number of rotatable bonds is 9. The van der Waals surface area contributed by atoms with Gasteiger partial charge in [0.2, 0.25) is 5.91 Å². The summed E-state index contributed by atoms with van der Waals surface area (Å²) in [6.07, 6.45) is 0.850. The number of carbonyl (C=O) groups is 3. The van der Waals surface area contributed by atoms with Crippen LogP contribution in [-0.2, 0) is 27.4 Å². The molecular weight excluding hydrogens is 438 g/mol. The number of aliphatic carboxylic acids is 1. The van der Waals surface area contributed by atoms with Crippen molar-refractivity contribution in [2.24, 2.45) is 0 Å². The molecule has 176 valence electrons. The van der Waals surface area contributed by atoms with Crippen LogP contribution in [0.1, 0.15) is 29.2 Å². The SMILES string of the molecule is CN(CCC(=O)O)C(=O)Cn1cc(CNC(=O)OCC2c3ccccc3-c3ccccc32)nn1. The Morgan fingerprint density at radius 2 is 1.74 bits per heavy atom. The molecule has 10 heteroatoms. The van der Waals surface area contributed by atoms with E-state index in [1.807, 2.05) is 24.3 Å². The maximum absolute atomic E-state index is 12.3. The summed E-state index contributed by atoms with van der Waals surface area (Å²) in [6, 6.07) is 16.2. The summed E-state index contributed by atoms with van der Waals surface area (Å²) in [6.45, 7) is 0.344. The second kappa shape index (κ2) is 10.2. The van der Waals surface area contributed by atoms with Crippen molar-refractivity contribution in [3.63, 3.8) is 0 Å². The zero-order valence-electron chi connectivity index (χ0n) is 18.7. The van der Waals surface area contributed by atoms with Crippen molar-refractivity contribution in [3.05, 3.63) is 71.5 Å². The van der Waals surface area contributed by atoms with Crippen LogP contribution in [0.4, 0.5) is 4.79 Å². The summed E-state index contributed by atoms with van der Waals surface area (Å²) in [4.78, 5) is 36.4. The number of amides is 2. The Kier molecular flexibility index (Phi) is 6.86. The molecule has 0 fully saturated rings. The number of fused-ring (bicyclic) bond motifs is 3. The second-order valence-corrected chi connectivity index (χ2v) is 8.05. The predicted molar refractivity (Wildman–Crippen MR) is 122 cm³/mol. The standard InChI is InChI=1S/C24H25N5O5/c1-28(11-10-23(31)32)22(30)14-29-13-16(26-27-29)12-25-24(33)34-15-21-19-8-4-2-6-17(19)18-7-3-5-9-20(18)21/h2-9,13,21H,10-12,14-15H2,1H3,(H,25,33)(H,31,32). The lowest BCUT2D eigenvalue weighted by Gasteiger charge is -2.15. The van der Waals surface area contributed by atoms with Gasteiger partial charge in [0, 0.05) is 19.5 Å². The number of likely N-dealkylation sites (N-methyl/N-ethyl adjacent to an activating group) is 1. The third-order valence-corrected chi connectivity index (χ3v) is 5.73. The Balaban J connectivity index is 1.27. The van der Waals surface area contributed by atoms with Crippen LogP contribution in [-0.4, -0.2) is 63.2 Å². The number of nitrogens with zero attached hydrogens (tertiary/aromatic N) is 4. The van der Waals surface area contributed by atoms with E-state index in [0.717, 1.165) is 22.3 Å². The van der Waals surface area contributed by atoms with Crippen molar-refractivity contribution in [1.29, 1.82) is 0 Å². The van der Waals surface area contributed by atoms with E-state index < -0.39 is 12.1 Å². The van der Waals surface area contributed by atoms with Gasteiger partial charge in [-0.15, -0.1) is 5.10 Å². The first-order valence-electron chi connectivity index (χ1n) is 10.9. The molecule has 0 unspecified atom stereocenters. The van der Waals surface area contributed by atoms with E-state index >= 15 is 0 Å². The van der Waals surface area contributed by atoms with Gasteiger partial charge in [-0.1, -0.05) is 53.7 Å². The van der Waals surface area contributed by atoms with Crippen molar-refractivity contribution in [2.45, 2.75) is 25.4 Å². The average molecular weight is 463 g/mol. The van der Waals surface area contributed by atoms with Gasteiger partial charge in [-0.25, -0.2) is 9.48 Å². The average Bonchev–Trinajstić information content (AvgIpc) is 3.42. The molecule has 0 saturated carbocycles. The zero-order valence-corrected chi connectivity index (χ0v) is 18.7. The van der Waals surface area contributed by atoms with Gasteiger partial charge in [-0.05, 0) is 22.3 Å². The number of hydrogen-bond donors (Lipinski definition) is 2. The number of alkyl carbamates (subject to hydrolysis) is 1. The van der Waals surface area contributed by atoms with E-state index in [9.17, 15) is 14.4 Å². The van der Waals surface area contributed by atoms with Gasteiger partial charge in [0.05, 0.1) is 19.2 Å². The molecule has 0 aliphatic heterocycles. The summed E-state index contributed by atoms with van der Waals surface area (Å²) in [5.41, 5.74) is 5.06. The third kappa shape index (κ3) is 5.22. The number of aromatic nitrogens is 3. The summed E-state index contributed by atoms with van der Waals surface area (Å²) < 4.78 is 6.84. The molecule has 2 N–H and O–H groups in total. The molecule has 0 spiro atoms. The highest BCUT2D eigenvalue weighted by Crippen LogP contribution is 2.44. The highest BCUT2D eigenvalue weighted by molar-refractivity contribution is 5.79. The van der Waals surface area contributed by atoms with Crippen LogP contribution < -0.4 is 5.32 Å². The van der Waals surface area contributed by atoms with Crippen LogP contribution in [0.3, 0.4) is 0 Å². The molecular formula is C24H25N5O5. The van der Waals surface area contributed by atoms with Crippen molar-refractivity contribution in [2.75, 3.05) is 20.2 Å². The van der Waals surface area contributed by atoms with Crippen LogP contribution in [0, 0.1) is 0 Å². The van der Waals surface area contributed by atoms with Crippen molar-refractivity contribution in [3.8, 4) is 11.1 Å². The minimum atomic E-state index is -0.970. The van der Waals surface area contributed by atoms with Gasteiger partial charge >= 0.3 is 12.1 Å². The first-order valence-corrected chi connectivity index (χ1v) is 10.9. The minimum absolute atomic E-state index is 0.0249. The van der Waals surface area contributed by atoms with Gasteiger partial charge in [0.15, 0.2) is 0 Å². The van der Waals surface area contributed by atoms with E-state index in [0.29, 0.717) is 5.69 Å². The highest BCUT2D eigenvalue weighted by Gasteiger charge is 2.29. The smallest absolute Gasteiger partial charge is 0.407 e. The maximum Gasteiger partial charge on any atom is 0.407 e. The van der Waals surface area contributed by atoms with E-state index in [1.54, 1.807) is 6.20 Å². The number of carboxylic acid groups (broad SMARTS) is 1. The fourth-order valence-electron chi connectivity index (χ4n) is 3.96. The molecule has 2 aromatic carbocycles. The summed E-state index contributed by atoms with van der Waals surface area (Å²) >= 11 is 0. The molecule has 3 aromatic rings. The van der Waals surface area contributed by atoms with Crippen molar-refractivity contribution >= 4 is 18.0 Å². The molecule has 4 rings (SSSR count). The van der Waals surface area contributed by atoms with Gasteiger partial charge in [-0.2, -0.15) is 0 Å². The largest absolute Gasteiger partial charge is 0.481 e. The van der Waals surface area contributed by atoms with E-state index in [2.05, 4.69) is 39.9 Å². The fraction of sp³-hybridized carbons (Fsp3) is 0.292. The van der Waals surface area contributed by atoms with Crippen LogP contribution in [0.25, 0.3) is 11.1 Å². The number of ether oxygens (including phenoxy) is 1. The van der Waals surface area contributed by atoms with Crippen LogP contribution in [0.5, 0.6) is 0 Å². The van der Waals surface area contributed by atoms with E-state index in [4.69, 9.17) is 9.84 Å². The number of nitrogens with one attached hydrogen (secondary N) is 1. The molecule has 0 radical (unpaired) electrons. The number of benzene rings is 2. The molecule has 34 heavy (non-hydrogen) atoms. The molecule has 1 aliphatic rings. The van der Waals surface area contributed by atoms with Crippen LogP contribution in [0.15, 0.2) is 54.7 Å². The van der Waals surface area contributed by atoms with Gasteiger partial charge in [-0.3, -0.25) is 9.59 Å². The molecule has 0 saturated heterocycles. The fourth-order valence-corrected chi connectivity index (χ4v) is 3.96. The molecule has 2 amide bonds. The maximum atomic E-state index is 12.3. The van der Waals surface area contributed by atoms with E-state index in [-0.39, 0.29) is 44.5 Å². The Bertz CT molecular complexity index is 1160. The predicted octanol–water partition coefficient (Wildman–Crippen LogP) is 2.25. The molecule has 1 heterocycles. The normalized spacial score (nSPS) is 12.0. The minimum Gasteiger partial charge on any atom is -0.481 e. The summed E-state index contributed by atoms with van der Waals surface area (Å²) in [5, 5.41) is 19.2. The molecule has 0 atom stereocenters. The monoisotopic (exact) mass is 463 g/mol. The van der Waals surface area contributed by atoms with E-state index in [1.165, 1.54) is 16.6 Å². The van der Waals surface area contributed by atoms with Crippen LogP contribution in [0.2, 0.25) is 0 Å². The Morgan fingerprint density at radius 1 is 1.09 bits per heavy atom. The Morgan fingerprint density at radius 3 is 2.38 bits per heavy atom. The highest BCUT2D eigenvalue weighted by atomic mass is 16.5. The van der Waals surface area contributed by atoms with Gasteiger partial charge < -0.3 is 20.1 Å². The number of carbonyl (C=O) groups excluding carboxylic acids is 2. The van der Waals surface area contributed by atoms with Gasteiger partial charge in [0.25, 0.3) is 0 Å². The topological polar surface area (TPSA) is 127 Å². The second-order valence-electron chi connectivity index (χ2n) is 8.05. The molecule has 1 aliphatic carbocycles. The first-order chi connectivity index (χ1) is 16.4. The quantitative estimate of drug-likeness (QED) is 0.498. The lowest BCUT2D eigenvalue weighted by Crippen LogP contribution is -2.32. The Hall–Kier alpha value is -4.21. The van der Waals surface area contributed by atoms with Gasteiger partial charge in [0.1, 0.15) is 18.8 Å². The van der Waals surface area contributed by atoms with Crippen molar-refractivity contribution < 1.29 is 24.2 Å². The summed E-state index contributed by atoms with van der Waals surface area (Å²) in [5.74, 6) is -1.28. The van der Waals surface area contributed by atoms with Crippen LogP contribution >= 0.6 is 0 Å². The lowest BCUT2D eigenvalue weighted by atomic mass is 9.98. The number of hydrogen-bond acceptors (Lipinski definition) is 6.